The lowest BCUT2D eigenvalue weighted by molar-refractivity contribution is -0.148. The van der Waals surface area contributed by atoms with Gasteiger partial charge in [0.1, 0.15) is 0 Å². The molecule has 1 unspecified atom stereocenters. The Labute approximate surface area is 140 Å². The van der Waals surface area contributed by atoms with Gasteiger partial charge in [0.15, 0.2) is 6.61 Å². The Morgan fingerprint density at radius 1 is 1.40 bits per heavy atom. The van der Waals surface area contributed by atoms with Gasteiger partial charge in [-0.15, -0.1) is 0 Å². The van der Waals surface area contributed by atoms with E-state index in [0.29, 0.717) is 19.4 Å². The molecule has 1 amide bonds. The molecule has 1 N–H and O–H groups in total. The van der Waals surface area contributed by atoms with Gasteiger partial charge in [0, 0.05) is 24.8 Å². The summed E-state index contributed by atoms with van der Waals surface area (Å²) < 4.78 is 54.2. The maximum absolute atomic E-state index is 12.8. The summed E-state index contributed by atoms with van der Waals surface area (Å²) in [5.74, 6) is -6.05. The van der Waals surface area contributed by atoms with E-state index in [-0.39, 0.29) is 17.9 Å². The lowest BCUT2D eigenvalue weighted by Crippen LogP contribution is -2.37. The number of carbonyl (C=O) groups is 2. The highest BCUT2D eigenvalue weighted by Crippen LogP contribution is 2.25. The number of rotatable bonds is 7. The smallest absolute Gasteiger partial charge is 0.340 e. The molecule has 1 saturated heterocycles. The molecule has 0 saturated carbocycles. The number of likely N-dealkylation sites (tertiary alicyclic amines) is 1. The Kier molecular flexibility index (Phi) is 5.81. The van der Waals surface area contributed by atoms with Crippen molar-refractivity contribution in [2.75, 3.05) is 13.2 Å². The number of halogens is 4. The van der Waals surface area contributed by atoms with E-state index in [2.05, 4.69) is 9.72 Å². The van der Waals surface area contributed by atoms with Crippen LogP contribution in [0.2, 0.25) is 0 Å². The molecule has 0 aliphatic carbocycles. The van der Waals surface area contributed by atoms with Crippen molar-refractivity contribution in [2.45, 2.75) is 37.7 Å². The van der Waals surface area contributed by atoms with Crippen LogP contribution in [0.25, 0.3) is 0 Å². The average Bonchev–Trinajstić information content (AvgIpc) is 3.00. The summed E-state index contributed by atoms with van der Waals surface area (Å²) in [6.45, 7) is -1.12. The number of ether oxygens (including phenoxy) is 1. The summed E-state index contributed by atoms with van der Waals surface area (Å²) in [7, 11) is 0. The van der Waals surface area contributed by atoms with E-state index in [1.165, 1.54) is 11.0 Å². The molecule has 0 spiro atoms. The molecular formula is C15H16F4N2O4. The number of pyridine rings is 1. The fourth-order valence-corrected chi connectivity index (χ4v) is 2.51. The number of carboxylic acid groups (broad SMARTS) is 1. The van der Waals surface area contributed by atoms with Gasteiger partial charge < -0.3 is 14.7 Å². The second-order valence-electron chi connectivity index (χ2n) is 5.63. The van der Waals surface area contributed by atoms with Crippen LogP contribution in [0.4, 0.5) is 17.6 Å². The van der Waals surface area contributed by atoms with Crippen LogP contribution in [0.15, 0.2) is 18.3 Å². The first kappa shape index (κ1) is 18.9. The summed E-state index contributed by atoms with van der Waals surface area (Å²) in [5.41, 5.74) is 0.130. The fourth-order valence-electron chi connectivity index (χ4n) is 2.51. The molecule has 25 heavy (non-hydrogen) atoms. The van der Waals surface area contributed by atoms with Crippen molar-refractivity contribution in [3.05, 3.63) is 23.9 Å². The maximum Gasteiger partial charge on any atom is 0.340 e. The normalized spacial score (nSPS) is 17.8. The number of hydrogen-bond acceptors (Lipinski definition) is 4. The maximum atomic E-state index is 12.8. The summed E-state index contributed by atoms with van der Waals surface area (Å²) in [6, 6.07) is 1.98. The van der Waals surface area contributed by atoms with Gasteiger partial charge in [0.2, 0.25) is 5.88 Å². The van der Waals surface area contributed by atoms with Crippen molar-refractivity contribution < 1.29 is 37.0 Å². The van der Waals surface area contributed by atoms with Crippen molar-refractivity contribution in [1.82, 2.24) is 9.88 Å². The van der Waals surface area contributed by atoms with Crippen molar-refractivity contribution in [3.63, 3.8) is 0 Å². The Balaban J connectivity index is 1.99. The van der Waals surface area contributed by atoms with Crippen LogP contribution in [-0.4, -0.2) is 58.4 Å². The molecule has 6 nitrogen and oxygen atoms in total. The van der Waals surface area contributed by atoms with Gasteiger partial charge in [-0.25, -0.2) is 13.8 Å². The Morgan fingerprint density at radius 3 is 2.68 bits per heavy atom. The Bertz CT molecular complexity index is 624. The van der Waals surface area contributed by atoms with E-state index >= 15 is 0 Å². The first-order valence-electron chi connectivity index (χ1n) is 7.48. The third-order valence-corrected chi connectivity index (χ3v) is 3.76. The lowest BCUT2D eigenvalue weighted by Gasteiger charge is -2.23. The molecule has 138 valence electrons. The minimum Gasteiger partial charge on any atom is -0.481 e. The molecule has 1 fully saturated rings. The Morgan fingerprint density at radius 2 is 2.12 bits per heavy atom. The van der Waals surface area contributed by atoms with E-state index in [1.807, 2.05) is 0 Å². The van der Waals surface area contributed by atoms with Gasteiger partial charge >= 0.3 is 18.3 Å². The molecule has 0 aromatic carbocycles. The fraction of sp³-hybridized carbons (Fsp3) is 0.533. The van der Waals surface area contributed by atoms with Gasteiger partial charge in [-0.2, -0.15) is 8.78 Å². The molecule has 1 aliphatic rings. The molecule has 1 aliphatic heterocycles. The number of hydrogen-bond donors (Lipinski definition) is 1. The van der Waals surface area contributed by atoms with E-state index in [0.717, 1.165) is 12.3 Å². The second kappa shape index (κ2) is 7.66. The molecule has 1 aromatic heterocycles. The monoisotopic (exact) mass is 364 g/mol. The quantitative estimate of drug-likeness (QED) is 0.752. The van der Waals surface area contributed by atoms with Crippen LogP contribution in [0, 0.1) is 0 Å². The number of aliphatic carboxylic acids is 1. The van der Waals surface area contributed by atoms with Crippen molar-refractivity contribution in [2.24, 2.45) is 0 Å². The van der Waals surface area contributed by atoms with Crippen LogP contribution in [-0.2, 0) is 4.79 Å². The third kappa shape index (κ3) is 4.80. The number of amides is 1. The topological polar surface area (TPSA) is 79.7 Å². The predicted molar refractivity (Wildman–Crippen MR) is 77.0 cm³/mol. The van der Waals surface area contributed by atoms with E-state index in [4.69, 9.17) is 5.11 Å². The molecule has 10 heteroatoms. The van der Waals surface area contributed by atoms with Gasteiger partial charge in [0.05, 0.1) is 12.0 Å². The number of alkyl halides is 4. The van der Waals surface area contributed by atoms with E-state index < -0.39 is 36.9 Å². The standard InChI is InChI=1S/C15H16F4N2O4/c16-14(17)15(18,19)8-25-11-4-3-9(7-20-11)13(24)21-5-1-2-10(21)6-12(22)23/h3-4,7,10,14H,1-2,5-6,8H2,(H,22,23). The average molecular weight is 364 g/mol. The first-order valence-corrected chi connectivity index (χ1v) is 7.48. The summed E-state index contributed by atoms with van der Waals surface area (Å²) in [5, 5.41) is 8.86. The number of aromatic nitrogens is 1. The van der Waals surface area contributed by atoms with Crippen LogP contribution in [0.3, 0.4) is 0 Å². The van der Waals surface area contributed by atoms with Gasteiger partial charge in [-0.05, 0) is 18.9 Å². The molecule has 0 radical (unpaired) electrons. The largest absolute Gasteiger partial charge is 0.481 e. The molecule has 1 atom stereocenters. The van der Waals surface area contributed by atoms with Crippen molar-refractivity contribution in [3.8, 4) is 5.88 Å². The summed E-state index contributed by atoms with van der Waals surface area (Å²) in [4.78, 5) is 28.3. The van der Waals surface area contributed by atoms with E-state index in [1.54, 1.807) is 0 Å². The van der Waals surface area contributed by atoms with Gasteiger partial charge in [-0.1, -0.05) is 0 Å². The highest BCUT2D eigenvalue weighted by Gasteiger charge is 2.41. The first-order chi connectivity index (χ1) is 11.7. The molecule has 1 aromatic rings. The molecule has 2 heterocycles. The zero-order valence-corrected chi connectivity index (χ0v) is 13.0. The van der Waals surface area contributed by atoms with Crippen LogP contribution in [0.5, 0.6) is 5.88 Å². The third-order valence-electron chi connectivity index (χ3n) is 3.76. The summed E-state index contributed by atoms with van der Waals surface area (Å²) >= 11 is 0. The zero-order valence-electron chi connectivity index (χ0n) is 13.0. The molecule has 0 bridgehead atoms. The van der Waals surface area contributed by atoms with Gasteiger partial charge in [-0.3, -0.25) is 9.59 Å². The van der Waals surface area contributed by atoms with Crippen molar-refractivity contribution >= 4 is 11.9 Å². The SMILES string of the molecule is O=C(O)CC1CCCN1C(=O)c1ccc(OCC(F)(F)C(F)F)nc1. The van der Waals surface area contributed by atoms with Crippen molar-refractivity contribution in [1.29, 1.82) is 0 Å². The Hall–Kier alpha value is -2.39. The lowest BCUT2D eigenvalue weighted by atomic mass is 10.1. The van der Waals surface area contributed by atoms with Crippen LogP contribution >= 0.6 is 0 Å². The van der Waals surface area contributed by atoms with Gasteiger partial charge in [0.25, 0.3) is 5.91 Å². The number of carbonyl (C=O) groups excluding carboxylic acids is 1. The highest BCUT2D eigenvalue weighted by atomic mass is 19.3. The number of carboxylic acids is 1. The predicted octanol–water partition coefficient (Wildman–Crippen LogP) is 2.44. The molecular weight excluding hydrogens is 348 g/mol. The summed E-state index contributed by atoms with van der Waals surface area (Å²) in [6.07, 6.45) is -1.68. The van der Waals surface area contributed by atoms with Crippen LogP contribution in [0.1, 0.15) is 29.6 Å². The van der Waals surface area contributed by atoms with E-state index in [9.17, 15) is 27.2 Å². The highest BCUT2D eigenvalue weighted by molar-refractivity contribution is 5.94. The molecule has 2 rings (SSSR count). The minimum atomic E-state index is -4.30. The zero-order chi connectivity index (χ0) is 18.6. The van der Waals surface area contributed by atoms with Crippen LogP contribution < -0.4 is 4.74 Å². The second-order valence-corrected chi connectivity index (χ2v) is 5.63. The number of nitrogens with zero attached hydrogens (tertiary/aromatic N) is 2. The minimum absolute atomic E-state index is 0.130.